The smallest absolute Gasteiger partial charge is 0.497 e. The van der Waals surface area contributed by atoms with Crippen LogP contribution in [0.1, 0.15) is 46.1 Å². The van der Waals surface area contributed by atoms with Gasteiger partial charge in [0.1, 0.15) is 5.75 Å². The van der Waals surface area contributed by atoms with E-state index in [1.807, 2.05) is 6.07 Å². The minimum Gasteiger partial charge on any atom is -0.497 e. The highest BCUT2D eigenvalue weighted by atomic mass is 16.7. The summed E-state index contributed by atoms with van der Waals surface area (Å²) in [7, 11) is 3.04. The topological polar surface area (TPSA) is 36.9 Å². The Balaban J connectivity index is 1.92. The molecule has 1 heterocycles. The van der Waals surface area contributed by atoms with Crippen LogP contribution in [0.3, 0.4) is 0 Å². The van der Waals surface area contributed by atoms with Gasteiger partial charge in [-0.3, -0.25) is 0 Å². The highest BCUT2D eigenvalue weighted by Gasteiger charge is 2.53. The molecular formula is C17H25BO4. The quantitative estimate of drug-likeness (QED) is 0.801. The van der Waals surface area contributed by atoms with Gasteiger partial charge in [-0.2, -0.15) is 0 Å². The van der Waals surface area contributed by atoms with Gasteiger partial charge < -0.3 is 18.8 Å². The van der Waals surface area contributed by atoms with Crippen LogP contribution in [0.2, 0.25) is 0 Å². The Bertz CT molecular complexity index is 562. The monoisotopic (exact) mass is 304 g/mol. The molecule has 120 valence electrons. The van der Waals surface area contributed by atoms with E-state index in [1.165, 1.54) is 0 Å². The minimum atomic E-state index is -0.410. The van der Waals surface area contributed by atoms with Crippen molar-refractivity contribution in [2.45, 2.75) is 57.3 Å². The van der Waals surface area contributed by atoms with Gasteiger partial charge in [-0.05, 0) is 52.2 Å². The molecule has 2 aliphatic rings. The second-order valence-electron chi connectivity index (χ2n) is 7.24. The van der Waals surface area contributed by atoms with Crippen LogP contribution in [0.5, 0.6) is 5.75 Å². The number of hydrogen-bond donors (Lipinski definition) is 0. The van der Waals surface area contributed by atoms with Crippen molar-refractivity contribution >= 4 is 12.6 Å². The molecule has 4 nitrogen and oxygen atoms in total. The molecule has 3 rings (SSSR count). The van der Waals surface area contributed by atoms with Crippen LogP contribution in [-0.4, -0.2) is 32.5 Å². The Labute approximate surface area is 133 Å². The maximum absolute atomic E-state index is 6.13. The summed E-state index contributed by atoms with van der Waals surface area (Å²) in [5.41, 5.74) is 1.25. The Hall–Kier alpha value is -1.04. The van der Waals surface area contributed by atoms with Crippen molar-refractivity contribution in [2.24, 2.45) is 0 Å². The van der Waals surface area contributed by atoms with Crippen molar-refractivity contribution < 1.29 is 18.8 Å². The summed E-state index contributed by atoms with van der Waals surface area (Å²) in [5.74, 6) is 0.791. The number of hydrogen-bond acceptors (Lipinski definition) is 4. The molecule has 0 aromatic heterocycles. The molecular weight excluding hydrogens is 279 g/mol. The third-order valence-electron chi connectivity index (χ3n) is 5.36. The number of rotatable bonds is 4. The van der Waals surface area contributed by atoms with Crippen molar-refractivity contribution in [3.8, 4) is 5.75 Å². The molecule has 1 aromatic carbocycles. The lowest BCUT2D eigenvalue weighted by Crippen LogP contribution is -2.41. The van der Waals surface area contributed by atoms with Crippen molar-refractivity contribution in [1.29, 1.82) is 0 Å². The van der Waals surface area contributed by atoms with Gasteiger partial charge in [-0.15, -0.1) is 0 Å². The third kappa shape index (κ3) is 2.36. The van der Waals surface area contributed by atoms with Gasteiger partial charge in [-0.1, -0.05) is 12.1 Å². The molecule has 5 heteroatoms. The molecule has 0 atom stereocenters. The fraction of sp³-hybridized carbons (Fsp3) is 0.647. The standard InChI is InChI=1S/C17H25BO4/c1-15(2)16(3,4)22-18(21-15)13-8-7-12(11-14(13)19-5)17(20-6)9-10-17/h7-8,11H,9-10H2,1-6H3. The molecule has 0 unspecified atom stereocenters. The Kier molecular flexibility index (Phi) is 3.59. The summed E-state index contributed by atoms with van der Waals surface area (Å²) in [6.07, 6.45) is 2.12. The van der Waals surface area contributed by atoms with Gasteiger partial charge in [0.25, 0.3) is 0 Å². The zero-order chi connectivity index (χ0) is 16.2. The van der Waals surface area contributed by atoms with Crippen LogP contribution in [0, 0.1) is 0 Å². The molecule has 0 N–H and O–H groups in total. The van der Waals surface area contributed by atoms with E-state index in [2.05, 4.69) is 39.8 Å². The SMILES string of the molecule is COc1cc(C2(OC)CC2)ccc1B1OC(C)(C)C(C)(C)O1. The second-order valence-corrected chi connectivity index (χ2v) is 7.24. The summed E-state index contributed by atoms with van der Waals surface area (Å²) in [5, 5.41) is 0. The largest absolute Gasteiger partial charge is 0.498 e. The number of ether oxygens (including phenoxy) is 2. The molecule has 0 bridgehead atoms. The van der Waals surface area contributed by atoms with Crippen LogP contribution in [0.15, 0.2) is 18.2 Å². The van der Waals surface area contributed by atoms with Gasteiger partial charge in [0.15, 0.2) is 0 Å². The van der Waals surface area contributed by atoms with Crippen molar-refractivity contribution in [2.75, 3.05) is 14.2 Å². The molecule has 1 aliphatic heterocycles. The summed E-state index contributed by atoms with van der Waals surface area (Å²) < 4.78 is 23.5. The maximum atomic E-state index is 6.13. The lowest BCUT2D eigenvalue weighted by atomic mass is 9.77. The Morgan fingerprint density at radius 2 is 1.59 bits per heavy atom. The maximum Gasteiger partial charge on any atom is 0.498 e. The molecule has 1 saturated heterocycles. The summed E-state index contributed by atoms with van der Waals surface area (Å²) >= 11 is 0. The molecule has 22 heavy (non-hydrogen) atoms. The van der Waals surface area contributed by atoms with Crippen LogP contribution in [0.4, 0.5) is 0 Å². The highest BCUT2D eigenvalue weighted by molar-refractivity contribution is 6.63. The first-order valence-corrected chi connectivity index (χ1v) is 7.84. The summed E-state index contributed by atoms with van der Waals surface area (Å²) in [6, 6.07) is 6.19. The Morgan fingerprint density at radius 1 is 1.00 bits per heavy atom. The highest BCUT2D eigenvalue weighted by Crippen LogP contribution is 2.49. The van der Waals surface area contributed by atoms with Crippen LogP contribution in [-0.2, 0) is 19.6 Å². The predicted molar refractivity (Wildman–Crippen MR) is 86.6 cm³/mol. The van der Waals surface area contributed by atoms with Gasteiger partial charge in [0, 0.05) is 12.6 Å². The van der Waals surface area contributed by atoms with Crippen LogP contribution in [0.25, 0.3) is 0 Å². The van der Waals surface area contributed by atoms with E-state index in [0.29, 0.717) is 0 Å². The lowest BCUT2D eigenvalue weighted by molar-refractivity contribution is 0.00578. The first-order valence-electron chi connectivity index (χ1n) is 7.84. The van der Waals surface area contributed by atoms with Gasteiger partial charge >= 0.3 is 7.12 Å². The predicted octanol–water partition coefficient (Wildman–Crippen LogP) is 2.63. The first-order chi connectivity index (χ1) is 10.2. The fourth-order valence-corrected chi connectivity index (χ4v) is 2.88. The number of benzene rings is 1. The normalized spacial score (nSPS) is 24.4. The van der Waals surface area contributed by atoms with Gasteiger partial charge in [0.05, 0.1) is 23.9 Å². The average molecular weight is 304 g/mol. The van der Waals surface area contributed by atoms with E-state index in [-0.39, 0.29) is 16.8 Å². The molecule has 1 aliphatic carbocycles. The van der Waals surface area contributed by atoms with E-state index in [4.69, 9.17) is 18.8 Å². The molecule has 0 radical (unpaired) electrons. The van der Waals surface area contributed by atoms with Gasteiger partial charge in [-0.25, -0.2) is 0 Å². The van der Waals surface area contributed by atoms with E-state index >= 15 is 0 Å². The van der Waals surface area contributed by atoms with E-state index < -0.39 is 7.12 Å². The second kappa shape index (κ2) is 4.98. The minimum absolute atomic E-state index is 0.123. The summed E-state index contributed by atoms with van der Waals surface area (Å²) in [6.45, 7) is 8.21. The molecule has 1 aromatic rings. The van der Waals surface area contributed by atoms with E-state index in [9.17, 15) is 0 Å². The van der Waals surface area contributed by atoms with E-state index in [0.717, 1.165) is 29.6 Å². The zero-order valence-corrected chi connectivity index (χ0v) is 14.4. The molecule has 0 spiro atoms. The van der Waals surface area contributed by atoms with Crippen molar-refractivity contribution in [1.82, 2.24) is 0 Å². The van der Waals surface area contributed by atoms with Crippen molar-refractivity contribution in [3.63, 3.8) is 0 Å². The summed E-state index contributed by atoms with van der Waals surface area (Å²) in [4.78, 5) is 0. The van der Waals surface area contributed by atoms with Crippen LogP contribution < -0.4 is 10.2 Å². The first kappa shape index (κ1) is 15.8. The lowest BCUT2D eigenvalue weighted by Gasteiger charge is -2.32. The van der Waals surface area contributed by atoms with Gasteiger partial charge in [0.2, 0.25) is 0 Å². The third-order valence-corrected chi connectivity index (χ3v) is 5.36. The van der Waals surface area contributed by atoms with E-state index in [1.54, 1.807) is 14.2 Å². The fourth-order valence-electron chi connectivity index (χ4n) is 2.88. The van der Waals surface area contributed by atoms with Crippen LogP contribution >= 0.6 is 0 Å². The number of methoxy groups -OCH3 is 2. The molecule has 2 fully saturated rings. The van der Waals surface area contributed by atoms with Crippen molar-refractivity contribution in [3.05, 3.63) is 23.8 Å². The molecule has 0 amide bonds. The average Bonchev–Trinajstić information content (AvgIpc) is 3.22. The Morgan fingerprint density at radius 3 is 2.05 bits per heavy atom. The molecule has 1 saturated carbocycles. The zero-order valence-electron chi connectivity index (χ0n) is 14.4.